The molecule has 3 nitrogen and oxygen atoms in total. The van der Waals surface area contributed by atoms with E-state index in [4.69, 9.17) is 10.00 Å². The quantitative estimate of drug-likeness (QED) is 0.394. The maximum atomic E-state index is 11.5. The van der Waals surface area contributed by atoms with E-state index in [0.717, 1.165) is 12.3 Å². The van der Waals surface area contributed by atoms with Crippen LogP contribution >= 0.6 is 0 Å². The second-order valence-corrected chi connectivity index (χ2v) is 4.58. The molecule has 0 amide bonds. The number of carbonyl (C=O) groups excluding carboxylic acids is 1. The summed E-state index contributed by atoms with van der Waals surface area (Å²) in [6, 6.07) is 1.84. The summed E-state index contributed by atoms with van der Waals surface area (Å²) in [7, 11) is 0. The van der Waals surface area contributed by atoms with E-state index in [9.17, 15) is 4.79 Å². The lowest BCUT2D eigenvalue weighted by Crippen LogP contribution is -2.24. The summed E-state index contributed by atoms with van der Waals surface area (Å²) in [5.74, 6) is 1.02. The minimum Gasteiger partial charge on any atom is -0.459 e. The number of hydrogen-bond acceptors (Lipinski definition) is 3. The van der Waals surface area contributed by atoms with E-state index in [1.165, 1.54) is 25.3 Å². The average molecular weight is 205 g/mol. The molecule has 2 bridgehead atoms. The zero-order valence-corrected chi connectivity index (χ0v) is 8.90. The van der Waals surface area contributed by atoms with E-state index in [-0.39, 0.29) is 12.1 Å². The molecule has 0 aromatic rings. The van der Waals surface area contributed by atoms with E-state index < -0.39 is 0 Å². The Morgan fingerprint density at radius 3 is 2.80 bits per heavy atom. The Balaban J connectivity index is 1.91. The van der Waals surface area contributed by atoms with E-state index in [2.05, 4.69) is 0 Å². The van der Waals surface area contributed by atoms with Crippen molar-refractivity contribution >= 4 is 5.97 Å². The first-order valence-corrected chi connectivity index (χ1v) is 5.48. The molecule has 0 saturated heterocycles. The Kier molecular flexibility index (Phi) is 2.77. The fourth-order valence-corrected chi connectivity index (χ4v) is 2.72. The number of rotatable bonds is 2. The molecule has 2 aliphatic carbocycles. The second-order valence-electron chi connectivity index (χ2n) is 4.58. The third kappa shape index (κ3) is 2.04. The molecule has 80 valence electrons. The molecule has 0 heterocycles. The van der Waals surface area contributed by atoms with Crippen LogP contribution in [0.2, 0.25) is 0 Å². The highest BCUT2D eigenvalue weighted by atomic mass is 16.5. The van der Waals surface area contributed by atoms with E-state index in [0.29, 0.717) is 11.5 Å². The number of nitrogens with zero attached hydrogens (tertiary/aromatic N) is 1. The predicted octanol–water partition coefficient (Wildman–Crippen LogP) is 2.19. The van der Waals surface area contributed by atoms with E-state index >= 15 is 0 Å². The van der Waals surface area contributed by atoms with Gasteiger partial charge in [-0.3, -0.25) is 0 Å². The van der Waals surface area contributed by atoms with E-state index in [1.54, 1.807) is 6.92 Å². The van der Waals surface area contributed by atoms with Crippen LogP contribution in [-0.4, -0.2) is 12.1 Å². The highest BCUT2D eigenvalue weighted by Gasteiger charge is 2.41. The maximum absolute atomic E-state index is 11.5. The fourth-order valence-electron chi connectivity index (χ4n) is 2.72. The van der Waals surface area contributed by atoms with Gasteiger partial charge in [-0.2, -0.15) is 5.26 Å². The fraction of sp³-hybridized carbons (Fsp3) is 0.667. The van der Waals surface area contributed by atoms with Crippen LogP contribution in [0, 0.1) is 23.2 Å². The van der Waals surface area contributed by atoms with Crippen molar-refractivity contribution in [2.24, 2.45) is 11.8 Å². The van der Waals surface area contributed by atoms with Gasteiger partial charge < -0.3 is 4.74 Å². The largest absolute Gasteiger partial charge is 0.459 e. The number of nitriles is 1. The van der Waals surface area contributed by atoms with Gasteiger partial charge in [0.05, 0.1) is 6.07 Å². The van der Waals surface area contributed by atoms with Crippen molar-refractivity contribution in [3.63, 3.8) is 0 Å². The Labute approximate surface area is 89.7 Å². The first kappa shape index (κ1) is 10.2. The van der Waals surface area contributed by atoms with Crippen molar-refractivity contribution < 1.29 is 9.53 Å². The van der Waals surface area contributed by atoms with Crippen molar-refractivity contribution in [3.8, 4) is 6.07 Å². The molecular formula is C12H15NO2. The van der Waals surface area contributed by atoms with Gasteiger partial charge in [0.1, 0.15) is 6.10 Å². The minimum absolute atomic E-state index is 0.110. The number of allylic oxidation sites excluding steroid dienone is 1. The second kappa shape index (κ2) is 4.06. The summed E-state index contributed by atoms with van der Waals surface area (Å²) in [6.45, 7) is 1.62. The Bertz CT molecular complexity index is 340. The van der Waals surface area contributed by atoms with Crippen LogP contribution in [0.25, 0.3) is 0 Å². The van der Waals surface area contributed by atoms with Gasteiger partial charge in [0, 0.05) is 11.6 Å². The summed E-state index contributed by atoms with van der Waals surface area (Å²) in [6.07, 6.45) is 6.10. The lowest BCUT2D eigenvalue weighted by molar-refractivity contribution is -0.146. The van der Waals surface area contributed by atoms with Crippen LogP contribution in [-0.2, 0) is 9.53 Å². The third-order valence-corrected chi connectivity index (χ3v) is 3.53. The Morgan fingerprint density at radius 2 is 2.27 bits per heavy atom. The first-order chi connectivity index (χ1) is 7.20. The molecule has 15 heavy (non-hydrogen) atoms. The molecule has 3 unspecified atom stereocenters. The smallest absolute Gasteiger partial charge is 0.334 e. The Morgan fingerprint density at radius 1 is 1.47 bits per heavy atom. The summed E-state index contributed by atoms with van der Waals surface area (Å²) in [5, 5.41) is 8.42. The summed E-state index contributed by atoms with van der Waals surface area (Å²) in [4.78, 5) is 11.5. The minimum atomic E-state index is -0.325. The van der Waals surface area contributed by atoms with Crippen LogP contribution in [0.5, 0.6) is 0 Å². The van der Waals surface area contributed by atoms with Gasteiger partial charge >= 0.3 is 5.97 Å². The zero-order valence-electron chi connectivity index (χ0n) is 8.90. The van der Waals surface area contributed by atoms with Crippen molar-refractivity contribution in [3.05, 3.63) is 11.6 Å². The molecule has 3 heteroatoms. The monoisotopic (exact) mass is 205 g/mol. The van der Waals surface area contributed by atoms with Gasteiger partial charge in [0.15, 0.2) is 0 Å². The van der Waals surface area contributed by atoms with Crippen molar-refractivity contribution in [1.82, 2.24) is 0 Å². The molecule has 2 aliphatic rings. The van der Waals surface area contributed by atoms with Crippen LogP contribution in [0.3, 0.4) is 0 Å². The topological polar surface area (TPSA) is 50.1 Å². The normalized spacial score (nSPS) is 33.9. The highest BCUT2D eigenvalue weighted by Crippen LogP contribution is 2.45. The summed E-state index contributed by atoms with van der Waals surface area (Å²) < 4.78 is 5.40. The number of carbonyl (C=O) groups is 1. The summed E-state index contributed by atoms with van der Waals surface area (Å²) in [5.41, 5.74) is 0.403. The third-order valence-electron chi connectivity index (χ3n) is 3.53. The molecule has 3 atom stereocenters. The van der Waals surface area contributed by atoms with Gasteiger partial charge in [-0.05, 0) is 44.4 Å². The molecule has 0 aromatic heterocycles. The molecule has 0 spiro atoms. The van der Waals surface area contributed by atoms with Crippen molar-refractivity contribution in [2.75, 3.05) is 0 Å². The molecule has 0 N–H and O–H groups in total. The maximum Gasteiger partial charge on any atom is 0.334 e. The molecule has 2 rings (SSSR count). The number of ether oxygens (including phenoxy) is 1. The number of fused-ring (bicyclic) bond motifs is 2. The molecular weight excluding hydrogens is 190 g/mol. The molecule has 2 saturated carbocycles. The van der Waals surface area contributed by atoms with Gasteiger partial charge in [0.2, 0.25) is 0 Å². The van der Waals surface area contributed by atoms with Crippen LogP contribution in [0.4, 0.5) is 0 Å². The lowest BCUT2D eigenvalue weighted by atomic mass is 9.98. The molecule has 2 fully saturated rings. The Hall–Kier alpha value is -1.30. The zero-order chi connectivity index (χ0) is 10.8. The lowest BCUT2D eigenvalue weighted by Gasteiger charge is -2.21. The average Bonchev–Trinajstić information content (AvgIpc) is 2.79. The van der Waals surface area contributed by atoms with Crippen molar-refractivity contribution in [2.45, 2.75) is 38.7 Å². The van der Waals surface area contributed by atoms with Crippen molar-refractivity contribution in [1.29, 1.82) is 5.26 Å². The SMILES string of the molecule is C/C(=C\C#N)C(=O)OC1CC2CCC1C2. The number of hydrogen-bond donors (Lipinski definition) is 0. The van der Waals surface area contributed by atoms with Gasteiger partial charge in [0.25, 0.3) is 0 Å². The van der Waals surface area contributed by atoms with Crippen LogP contribution in [0.15, 0.2) is 11.6 Å². The van der Waals surface area contributed by atoms with Gasteiger partial charge in [-0.15, -0.1) is 0 Å². The standard InChI is InChI=1S/C12H15NO2/c1-8(4-5-13)12(14)15-11-7-9-2-3-10(11)6-9/h4,9-11H,2-3,6-7H2,1H3/b8-4+. The predicted molar refractivity (Wildman–Crippen MR) is 54.7 cm³/mol. The highest BCUT2D eigenvalue weighted by molar-refractivity contribution is 5.88. The molecule has 0 aromatic carbocycles. The van der Waals surface area contributed by atoms with Gasteiger partial charge in [-0.1, -0.05) is 0 Å². The first-order valence-electron chi connectivity index (χ1n) is 5.48. The number of esters is 1. The summed E-state index contributed by atoms with van der Waals surface area (Å²) >= 11 is 0. The van der Waals surface area contributed by atoms with Crippen LogP contribution < -0.4 is 0 Å². The van der Waals surface area contributed by atoms with Crippen LogP contribution in [0.1, 0.15) is 32.6 Å². The molecule has 0 aliphatic heterocycles. The molecule has 0 radical (unpaired) electrons. The van der Waals surface area contributed by atoms with Gasteiger partial charge in [-0.25, -0.2) is 4.79 Å². The van der Waals surface area contributed by atoms with E-state index in [1.807, 2.05) is 6.07 Å².